The van der Waals surface area contributed by atoms with Crippen molar-refractivity contribution in [3.8, 4) is 10.4 Å². The minimum absolute atomic E-state index is 0.0192. The van der Waals surface area contributed by atoms with E-state index < -0.39 is 41.4 Å². The van der Waals surface area contributed by atoms with Crippen LogP contribution in [-0.4, -0.2) is 254 Å². The number of aliphatic hydroxyl groups is 1. The number of β-amino-alcohol motifs (C(OH)–C–C–N with tert-alkyl or cyclic N) is 1. The number of carbonyl (C=O) groups excluding carboxylic acids is 3. The second-order valence-electron chi connectivity index (χ2n) is 19.0. The lowest BCUT2D eigenvalue weighted by Gasteiger charge is -2.35. The zero-order valence-electron chi connectivity index (χ0n) is 47.0. The van der Waals surface area contributed by atoms with E-state index >= 15 is 0 Å². The van der Waals surface area contributed by atoms with Crippen LogP contribution in [0.3, 0.4) is 0 Å². The fourth-order valence-corrected chi connectivity index (χ4v) is 8.14. The standard InChI is InChI=1S/C54H90N4O20S/c1-43-50(79-42-56-43)45-9-7-44(8-10-45)39-55-52(63)47-38-46(59)40-58(47)53(64)51(54(2,3)4)57-48(60)41-78-37-36-77-35-34-76-33-32-75-31-30-74-29-28-73-27-26-72-25-24-71-23-22-70-21-20-69-19-18-68-17-16-67-15-14-66-13-12-65-11-5-6-49(61)62/h7-10,42,46-47,51,59H,5-6,11-41H2,1-4H3,(H,55,63)(H,57,60)(H,61,62). The summed E-state index contributed by atoms with van der Waals surface area (Å²) in [5.41, 5.74) is 4.01. The second-order valence-corrected chi connectivity index (χ2v) is 19.8. The number of carboxylic acids is 1. The normalized spacial score (nSPS) is 15.0. The Labute approximate surface area is 469 Å². The topological polar surface area (TPSA) is 278 Å². The fourth-order valence-electron chi connectivity index (χ4n) is 7.33. The summed E-state index contributed by atoms with van der Waals surface area (Å²) in [5, 5.41) is 24.8. The number of aliphatic carboxylic acids is 1. The molecule has 79 heavy (non-hydrogen) atoms. The molecule has 3 unspecified atom stereocenters. The van der Waals surface area contributed by atoms with E-state index in [2.05, 4.69) is 15.6 Å². The van der Waals surface area contributed by atoms with Gasteiger partial charge in [0.2, 0.25) is 17.7 Å². The third-order valence-electron chi connectivity index (χ3n) is 11.5. The van der Waals surface area contributed by atoms with Gasteiger partial charge >= 0.3 is 5.97 Å². The predicted molar refractivity (Wildman–Crippen MR) is 290 cm³/mol. The van der Waals surface area contributed by atoms with Gasteiger partial charge in [-0.15, -0.1) is 11.3 Å². The van der Waals surface area contributed by atoms with Gasteiger partial charge in [0, 0.05) is 32.5 Å². The van der Waals surface area contributed by atoms with Crippen molar-refractivity contribution in [3.05, 3.63) is 41.0 Å². The van der Waals surface area contributed by atoms with Gasteiger partial charge in [0.25, 0.3) is 0 Å². The highest BCUT2D eigenvalue weighted by molar-refractivity contribution is 7.13. The molecule has 1 aliphatic rings. The number of ether oxygens (including phenoxy) is 14. The molecule has 24 nitrogen and oxygen atoms in total. The average molecular weight is 1150 g/mol. The molecule has 0 aliphatic carbocycles. The summed E-state index contributed by atoms with van der Waals surface area (Å²) in [5.74, 6) is -2.13. The first-order valence-corrected chi connectivity index (χ1v) is 28.1. The van der Waals surface area contributed by atoms with Crippen molar-refractivity contribution in [2.75, 3.05) is 192 Å². The number of likely N-dealkylation sites (tertiary alicyclic amines) is 1. The van der Waals surface area contributed by atoms with E-state index in [-0.39, 0.29) is 51.7 Å². The van der Waals surface area contributed by atoms with Gasteiger partial charge in [-0.1, -0.05) is 45.0 Å². The molecule has 3 amide bonds. The molecule has 2 aromatic rings. The Balaban J connectivity index is 1.02. The Kier molecular flexibility index (Phi) is 39.3. The highest BCUT2D eigenvalue weighted by Crippen LogP contribution is 2.28. The monoisotopic (exact) mass is 1150 g/mol. The van der Waals surface area contributed by atoms with Crippen molar-refractivity contribution in [1.82, 2.24) is 20.5 Å². The maximum absolute atomic E-state index is 13.9. The minimum Gasteiger partial charge on any atom is -0.481 e. The molecule has 25 heteroatoms. The van der Waals surface area contributed by atoms with Crippen LogP contribution in [0.15, 0.2) is 29.8 Å². The molecule has 452 valence electrons. The van der Waals surface area contributed by atoms with Crippen LogP contribution in [0, 0.1) is 12.3 Å². The molecule has 2 heterocycles. The van der Waals surface area contributed by atoms with Gasteiger partial charge in [0.05, 0.1) is 194 Å². The van der Waals surface area contributed by atoms with E-state index in [0.29, 0.717) is 172 Å². The van der Waals surface area contributed by atoms with Crippen LogP contribution in [0.25, 0.3) is 10.4 Å². The van der Waals surface area contributed by atoms with Gasteiger partial charge < -0.3 is 92.1 Å². The maximum atomic E-state index is 13.9. The number of rotatable bonds is 51. The number of hydrogen-bond donors (Lipinski definition) is 4. The molecule has 1 aromatic carbocycles. The predicted octanol–water partition coefficient (Wildman–Crippen LogP) is 2.32. The Morgan fingerprint density at radius 2 is 0.987 bits per heavy atom. The number of benzene rings is 1. The number of carboxylic acid groups (broad SMARTS) is 1. The molecule has 0 saturated carbocycles. The van der Waals surface area contributed by atoms with Gasteiger partial charge in [-0.2, -0.15) is 0 Å². The number of aryl methyl sites for hydroxylation is 1. The van der Waals surface area contributed by atoms with Crippen molar-refractivity contribution in [2.45, 2.75) is 71.7 Å². The van der Waals surface area contributed by atoms with E-state index in [1.807, 2.05) is 57.5 Å². The number of aliphatic hydroxyl groups excluding tert-OH is 1. The second kappa shape index (κ2) is 44.7. The van der Waals surface area contributed by atoms with Crippen LogP contribution in [0.5, 0.6) is 0 Å². The van der Waals surface area contributed by atoms with Gasteiger partial charge in [0.15, 0.2) is 0 Å². The van der Waals surface area contributed by atoms with Crippen molar-refractivity contribution in [3.63, 3.8) is 0 Å². The lowest BCUT2D eigenvalue weighted by atomic mass is 9.85. The zero-order valence-corrected chi connectivity index (χ0v) is 47.8. The van der Waals surface area contributed by atoms with E-state index in [4.69, 9.17) is 71.4 Å². The average Bonchev–Trinajstić information content (AvgIpc) is 4.07. The van der Waals surface area contributed by atoms with Crippen LogP contribution < -0.4 is 10.6 Å². The lowest BCUT2D eigenvalue weighted by molar-refractivity contribution is -0.144. The number of hydrogen-bond acceptors (Lipinski definition) is 21. The summed E-state index contributed by atoms with van der Waals surface area (Å²) >= 11 is 1.57. The van der Waals surface area contributed by atoms with Crippen LogP contribution >= 0.6 is 11.3 Å². The number of nitrogens with zero attached hydrogens (tertiary/aromatic N) is 2. The Hall–Kier alpha value is -3.87. The Bertz CT molecular complexity index is 1880. The summed E-state index contributed by atoms with van der Waals surface area (Å²) in [7, 11) is 0. The third-order valence-corrected chi connectivity index (χ3v) is 12.4. The molecule has 3 atom stereocenters. The van der Waals surface area contributed by atoms with Crippen LogP contribution in [-0.2, 0) is 92.0 Å². The van der Waals surface area contributed by atoms with E-state index in [1.54, 1.807) is 11.3 Å². The number of thiazole rings is 1. The van der Waals surface area contributed by atoms with E-state index in [1.165, 1.54) is 4.90 Å². The fraction of sp³-hybridized carbons (Fsp3) is 0.759. The number of nitrogens with one attached hydrogen (secondary N) is 2. The molecule has 3 rings (SSSR count). The smallest absolute Gasteiger partial charge is 0.303 e. The Morgan fingerprint density at radius 3 is 1.34 bits per heavy atom. The van der Waals surface area contributed by atoms with Gasteiger partial charge in [-0.3, -0.25) is 19.2 Å². The first kappa shape index (κ1) is 69.4. The molecule has 1 saturated heterocycles. The zero-order chi connectivity index (χ0) is 57.0. The van der Waals surface area contributed by atoms with Gasteiger partial charge in [0.1, 0.15) is 18.7 Å². The molecule has 0 spiro atoms. The first-order valence-electron chi connectivity index (χ1n) is 27.2. The van der Waals surface area contributed by atoms with Crippen molar-refractivity contribution >= 4 is 35.0 Å². The molecule has 0 bridgehead atoms. The summed E-state index contributed by atoms with van der Waals surface area (Å²) in [6, 6.07) is 6.00. The maximum Gasteiger partial charge on any atom is 0.303 e. The van der Waals surface area contributed by atoms with Crippen LogP contribution in [0.4, 0.5) is 0 Å². The molecule has 1 aromatic heterocycles. The quantitative estimate of drug-likeness (QED) is 0.0692. The molecular formula is C54H90N4O20S. The van der Waals surface area contributed by atoms with Crippen molar-refractivity contribution in [1.29, 1.82) is 0 Å². The molecular weight excluding hydrogens is 1060 g/mol. The van der Waals surface area contributed by atoms with Crippen LogP contribution in [0.1, 0.15) is 51.3 Å². The summed E-state index contributed by atoms with van der Waals surface area (Å²) in [6.07, 6.45) is -0.179. The number of amides is 3. The van der Waals surface area contributed by atoms with Gasteiger partial charge in [-0.25, -0.2) is 4.98 Å². The van der Waals surface area contributed by atoms with Crippen molar-refractivity contribution in [2.24, 2.45) is 5.41 Å². The SMILES string of the molecule is Cc1ncsc1-c1ccc(CNC(=O)C2CC(O)CN2C(=O)C(NC(=O)COCCOCCOCCOCCOCCOCCOCCOCCOCCOCCOCCOCCOCCOCCCC(=O)O)C(C)(C)C)cc1. The lowest BCUT2D eigenvalue weighted by Crippen LogP contribution is -2.58. The van der Waals surface area contributed by atoms with Crippen LogP contribution in [0.2, 0.25) is 0 Å². The molecule has 4 N–H and O–H groups in total. The third kappa shape index (κ3) is 34.2. The number of aromatic nitrogens is 1. The van der Waals surface area contributed by atoms with Crippen molar-refractivity contribution < 1.29 is 95.7 Å². The number of carbonyl (C=O) groups is 4. The highest BCUT2D eigenvalue weighted by Gasteiger charge is 2.44. The Morgan fingerprint density at radius 1 is 0.608 bits per heavy atom. The minimum atomic E-state index is -0.966. The van der Waals surface area contributed by atoms with Gasteiger partial charge in [-0.05, 0) is 29.9 Å². The highest BCUT2D eigenvalue weighted by atomic mass is 32.1. The first-order chi connectivity index (χ1) is 38.4. The molecule has 1 fully saturated rings. The largest absolute Gasteiger partial charge is 0.481 e. The summed E-state index contributed by atoms with van der Waals surface area (Å²) < 4.78 is 76.7. The summed E-state index contributed by atoms with van der Waals surface area (Å²) in [4.78, 5) is 57.4. The van der Waals surface area contributed by atoms with E-state index in [9.17, 15) is 24.3 Å². The van der Waals surface area contributed by atoms with E-state index in [0.717, 1.165) is 21.7 Å². The summed E-state index contributed by atoms with van der Waals surface area (Å²) in [6.45, 7) is 18.8. The molecule has 1 aliphatic heterocycles. The molecule has 0 radical (unpaired) electrons.